The number of halogens is 3. The van der Waals surface area contributed by atoms with Crippen LogP contribution in [0.1, 0.15) is 5.69 Å². The highest BCUT2D eigenvalue weighted by Crippen LogP contribution is 2.26. The molecule has 0 unspecified atom stereocenters. The summed E-state index contributed by atoms with van der Waals surface area (Å²) in [6, 6.07) is 7.86. The molecule has 1 aromatic heterocycles. The zero-order chi connectivity index (χ0) is 13.8. The molecule has 19 heavy (non-hydrogen) atoms. The molecule has 0 bridgehead atoms. The Balaban J connectivity index is 2.22. The molecule has 2 aromatic rings. The van der Waals surface area contributed by atoms with E-state index in [1.54, 1.807) is 31.3 Å². The topological polar surface area (TPSA) is 34.2 Å². The summed E-state index contributed by atoms with van der Waals surface area (Å²) in [7, 11) is 1.80. The van der Waals surface area contributed by atoms with Crippen molar-refractivity contribution in [2.45, 2.75) is 6.54 Å². The second-order valence-corrected chi connectivity index (χ2v) is 5.05. The third kappa shape index (κ3) is 3.65. The van der Waals surface area contributed by atoms with Gasteiger partial charge in [-0.05, 0) is 41.2 Å². The largest absolute Gasteiger partial charge is 0.439 e. The number of hydrogen-bond acceptors (Lipinski definition) is 3. The molecular weight excluding hydrogens is 335 g/mol. The van der Waals surface area contributed by atoms with Crippen LogP contribution in [0, 0.1) is 5.82 Å². The van der Waals surface area contributed by atoms with Crippen molar-refractivity contribution >= 4 is 27.5 Å². The van der Waals surface area contributed by atoms with E-state index in [0.29, 0.717) is 33.4 Å². The number of rotatable bonds is 4. The first-order valence-electron chi connectivity index (χ1n) is 5.53. The molecule has 1 heterocycles. The fourth-order valence-corrected chi connectivity index (χ4v) is 1.89. The predicted molar refractivity (Wildman–Crippen MR) is 76.2 cm³/mol. The molecule has 0 amide bonds. The fourth-order valence-electron chi connectivity index (χ4n) is 1.47. The van der Waals surface area contributed by atoms with E-state index >= 15 is 0 Å². The lowest BCUT2D eigenvalue weighted by molar-refractivity contribution is 0.455. The van der Waals surface area contributed by atoms with Crippen LogP contribution in [0.2, 0.25) is 5.02 Å². The number of benzene rings is 1. The summed E-state index contributed by atoms with van der Waals surface area (Å²) in [4.78, 5) is 4.26. The van der Waals surface area contributed by atoms with Crippen molar-refractivity contribution in [3.8, 4) is 11.6 Å². The number of nitrogens with one attached hydrogen (secondary N) is 1. The maximum absolute atomic E-state index is 13.4. The Hall–Kier alpha value is -1.17. The summed E-state index contributed by atoms with van der Waals surface area (Å²) in [5, 5.41) is 3.52. The first-order valence-corrected chi connectivity index (χ1v) is 6.70. The Morgan fingerprint density at radius 1 is 1.37 bits per heavy atom. The predicted octanol–water partition coefficient (Wildman–Crippen LogP) is 4.15. The van der Waals surface area contributed by atoms with E-state index in [-0.39, 0.29) is 5.82 Å². The van der Waals surface area contributed by atoms with E-state index in [9.17, 15) is 4.39 Å². The molecule has 1 N–H and O–H groups in total. The quantitative estimate of drug-likeness (QED) is 0.904. The SMILES string of the molecule is CNCc1nc(Oc2ccc(Br)c(F)c2)ccc1Cl. The molecule has 0 saturated heterocycles. The van der Waals surface area contributed by atoms with Crippen LogP contribution in [0.15, 0.2) is 34.8 Å². The van der Waals surface area contributed by atoms with Gasteiger partial charge >= 0.3 is 0 Å². The van der Waals surface area contributed by atoms with Crippen LogP contribution in [0.25, 0.3) is 0 Å². The molecule has 0 aliphatic carbocycles. The minimum Gasteiger partial charge on any atom is -0.439 e. The minimum atomic E-state index is -0.387. The van der Waals surface area contributed by atoms with Gasteiger partial charge < -0.3 is 10.1 Å². The zero-order valence-electron chi connectivity index (χ0n) is 10.1. The van der Waals surface area contributed by atoms with Crippen molar-refractivity contribution in [1.82, 2.24) is 10.3 Å². The molecule has 0 aliphatic heterocycles. The molecule has 2 rings (SSSR count). The third-order valence-corrected chi connectivity index (χ3v) is 3.34. The summed E-state index contributed by atoms with van der Waals surface area (Å²) >= 11 is 9.08. The lowest BCUT2D eigenvalue weighted by Crippen LogP contribution is -2.07. The van der Waals surface area contributed by atoms with E-state index in [1.165, 1.54) is 6.07 Å². The fraction of sp³-hybridized carbons (Fsp3) is 0.154. The van der Waals surface area contributed by atoms with Gasteiger partial charge in [0.15, 0.2) is 0 Å². The highest BCUT2D eigenvalue weighted by atomic mass is 79.9. The van der Waals surface area contributed by atoms with Gasteiger partial charge in [-0.25, -0.2) is 9.37 Å². The van der Waals surface area contributed by atoms with Gasteiger partial charge in [-0.15, -0.1) is 0 Å². The Morgan fingerprint density at radius 3 is 2.84 bits per heavy atom. The van der Waals surface area contributed by atoms with E-state index < -0.39 is 0 Å². The van der Waals surface area contributed by atoms with Crippen molar-refractivity contribution < 1.29 is 9.13 Å². The van der Waals surface area contributed by atoms with Gasteiger partial charge in [-0.3, -0.25) is 0 Å². The number of ether oxygens (including phenoxy) is 1. The molecular formula is C13H11BrClFN2O. The van der Waals surface area contributed by atoms with Crippen molar-refractivity contribution in [2.75, 3.05) is 7.05 Å². The summed E-state index contributed by atoms with van der Waals surface area (Å²) in [6.07, 6.45) is 0. The molecule has 0 fully saturated rings. The van der Waals surface area contributed by atoms with Gasteiger partial charge in [0, 0.05) is 18.7 Å². The van der Waals surface area contributed by atoms with E-state index in [1.807, 2.05) is 0 Å². The number of aromatic nitrogens is 1. The second kappa shape index (κ2) is 6.32. The normalized spacial score (nSPS) is 10.5. The Kier molecular flexibility index (Phi) is 4.74. The van der Waals surface area contributed by atoms with Gasteiger partial charge in [-0.2, -0.15) is 0 Å². The summed E-state index contributed by atoms with van der Waals surface area (Å²) in [6.45, 7) is 0.532. The zero-order valence-corrected chi connectivity index (χ0v) is 12.4. The summed E-state index contributed by atoms with van der Waals surface area (Å²) < 4.78 is 19.3. The van der Waals surface area contributed by atoms with Crippen molar-refractivity contribution in [1.29, 1.82) is 0 Å². The van der Waals surface area contributed by atoms with E-state index in [2.05, 4.69) is 26.2 Å². The Morgan fingerprint density at radius 2 is 2.16 bits per heavy atom. The Labute approximate surface area is 123 Å². The van der Waals surface area contributed by atoms with Gasteiger partial charge in [0.25, 0.3) is 0 Å². The number of pyridine rings is 1. The summed E-state index contributed by atoms with van der Waals surface area (Å²) in [5.74, 6) is 0.365. The van der Waals surface area contributed by atoms with Crippen LogP contribution in [-0.4, -0.2) is 12.0 Å². The molecule has 6 heteroatoms. The molecule has 0 saturated carbocycles. The molecule has 100 valence electrons. The smallest absolute Gasteiger partial charge is 0.219 e. The van der Waals surface area contributed by atoms with Crippen LogP contribution >= 0.6 is 27.5 Å². The van der Waals surface area contributed by atoms with E-state index in [0.717, 1.165) is 0 Å². The van der Waals surface area contributed by atoms with Gasteiger partial charge in [0.1, 0.15) is 11.6 Å². The molecule has 3 nitrogen and oxygen atoms in total. The molecule has 0 spiro atoms. The highest BCUT2D eigenvalue weighted by molar-refractivity contribution is 9.10. The first kappa shape index (κ1) is 14.2. The molecule has 1 aromatic carbocycles. The monoisotopic (exact) mass is 344 g/mol. The average molecular weight is 346 g/mol. The van der Waals surface area contributed by atoms with Crippen LogP contribution in [0.5, 0.6) is 11.6 Å². The number of hydrogen-bond donors (Lipinski definition) is 1. The lowest BCUT2D eigenvalue weighted by Gasteiger charge is -2.08. The standard InChI is InChI=1S/C13H11BrClFN2O/c1-17-7-12-10(15)4-5-13(18-12)19-8-2-3-9(14)11(16)6-8/h2-6,17H,7H2,1H3. The molecule has 0 radical (unpaired) electrons. The lowest BCUT2D eigenvalue weighted by atomic mass is 10.3. The molecule has 0 atom stereocenters. The van der Waals surface area contributed by atoms with Crippen LogP contribution in [0.3, 0.4) is 0 Å². The van der Waals surface area contributed by atoms with Crippen molar-refractivity contribution in [3.63, 3.8) is 0 Å². The minimum absolute atomic E-state index is 0.372. The van der Waals surface area contributed by atoms with Gasteiger partial charge in [0.05, 0.1) is 15.2 Å². The second-order valence-electron chi connectivity index (χ2n) is 3.79. The van der Waals surface area contributed by atoms with Crippen LogP contribution in [0.4, 0.5) is 4.39 Å². The maximum atomic E-state index is 13.4. The Bertz CT molecular complexity index is 595. The highest BCUT2D eigenvalue weighted by Gasteiger charge is 2.07. The summed E-state index contributed by atoms with van der Waals surface area (Å²) in [5.41, 5.74) is 0.680. The van der Waals surface area contributed by atoms with Crippen LogP contribution < -0.4 is 10.1 Å². The van der Waals surface area contributed by atoms with Gasteiger partial charge in [-0.1, -0.05) is 11.6 Å². The average Bonchev–Trinajstić information content (AvgIpc) is 2.38. The first-order chi connectivity index (χ1) is 9.10. The van der Waals surface area contributed by atoms with Crippen LogP contribution in [-0.2, 0) is 6.54 Å². The van der Waals surface area contributed by atoms with Gasteiger partial charge in [0.2, 0.25) is 5.88 Å². The van der Waals surface area contributed by atoms with E-state index in [4.69, 9.17) is 16.3 Å². The maximum Gasteiger partial charge on any atom is 0.219 e. The van der Waals surface area contributed by atoms with Crippen molar-refractivity contribution in [2.24, 2.45) is 0 Å². The van der Waals surface area contributed by atoms with Crippen molar-refractivity contribution in [3.05, 3.63) is 51.3 Å². The molecule has 0 aliphatic rings. The third-order valence-electron chi connectivity index (χ3n) is 2.35. The number of nitrogens with zero attached hydrogens (tertiary/aromatic N) is 1.